The van der Waals surface area contributed by atoms with Crippen LogP contribution in [-0.4, -0.2) is 22.1 Å². The van der Waals surface area contributed by atoms with Crippen LogP contribution in [0.4, 0.5) is 13.6 Å². The minimum atomic E-state index is -0.863. The molecule has 3 rings (SSSR count). The summed E-state index contributed by atoms with van der Waals surface area (Å²) in [5.74, 6) is -0.987. The number of carbonyl (C=O) groups excluding carboxylic acids is 1. The van der Waals surface area contributed by atoms with Gasteiger partial charge in [0.25, 0.3) is 0 Å². The standard InChI is InChI=1S/C18H15BrF2N2O4/c1-3-25-18(24)27-17-10(2)22-16-15(7-11(19)8-23(16)17)26-9-12-13(20)5-4-6-14(12)21/h4-8H,3,9H2,1-2H3. The first-order valence-corrected chi connectivity index (χ1v) is 8.78. The number of carbonyl (C=O) groups is 1. The van der Waals surface area contributed by atoms with Gasteiger partial charge in [-0.15, -0.1) is 0 Å². The third-order valence-electron chi connectivity index (χ3n) is 3.65. The summed E-state index contributed by atoms with van der Waals surface area (Å²) in [7, 11) is 0. The molecule has 0 atom stereocenters. The summed E-state index contributed by atoms with van der Waals surface area (Å²) in [5, 5.41) is 0. The molecule has 6 nitrogen and oxygen atoms in total. The van der Waals surface area contributed by atoms with Gasteiger partial charge in [-0.05, 0) is 48.0 Å². The number of benzene rings is 1. The van der Waals surface area contributed by atoms with Gasteiger partial charge in [0, 0.05) is 10.7 Å². The van der Waals surface area contributed by atoms with E-state index in [1.54, 1.807) is 26.1 Å². The molecule has 2 heterocycles. The highest BCUT2D eigenvalue weighted by atomic mass is 79.9. The molecule has 0 aliphatic rings. The highest BCUT2D eigenvalue weighted by Crippen LogP contribution is 2.31. The fraction of sp³-hybridized carbons (Fsp3) is 0.222. The van der Waals surface area contributed by atoms with Crippen LogP contribution in [0, 0.1) is 18.6 Å². The molecule has 0 spiro atoms. The molecule has 0 bridgehead atoms. The Kier molecular flexibility index (Phi) is 5.59. The Labute approximate surface area is 161 Å². The van der Waals surface area contributed by atoms with Crippen molar-refractivity contribution in [2.75, 3.05) is 6.61 Å². The van der Waals surface area contributed by atoms with Crippen molar-refractivity contribution in [3.63, 3.8) is 0 Å². The lowest BCUT2D eigenvalue weighted by molar-refractivity contribution is 0.102. The van der Waals surface area contributed by atoms with Gasteiger partial charge < -0.3 is 14.2 Å². The van der Waals surface area contributed by atoms with E-state index in [9.17, 15) is 13.6 Å². The highest BCUT2D eigenvalue weighted by Gasteiger charge is 2.19. The Bertz CT molecular complexity index is 986. The summed E-state index contributed by atoms with van der Waals surface area (Å²) in [6, 6.07) is 5.20. The number of aryl methyl sites for hydroxylation is 1. The van der Waals surface area contributed by atoms with E-state index in [0.29, 0.717) is 15.8 Å². The number of aromatic nitrogens is 2. The van der Waals surface area contributed by atoms with Gasteiger partial charge in [-0.2, -0.15) is 0 Å². The summed E-state index contributed by atoms with van der Waals surface area (Å²) in [6.07, 6.45) is 0.763. The van der Waals surface area contributed by atoms with Gasteiger partial charge >= 0.3 is 6.16 Å². The molecule has 2 aromatic heterocycles. The quantitative estimate of drug-likeness (QED) is 0.533. The Morgan fingerprint density at radius 3 is 2.67 bits per heavy atom. The summed E-state index contributed by atoms with van der Waals surface area (Å²) < 4.78 is 45.3. The van der Waals surface area contributed by atoms with Gasteiger partial charge in [-0.3, -0.25) is 4.40 Å². The van der Waals surface area contributed by atoms with Crippen LogP contribution >= 0.6 is 15.9 Å². The third-order valence-corrected chi connectivity index (χ3v) is 4.08. The number of pyridine rings is 1. The maximum Gasteiger partial charge on any atom is 0.515 e. The van der Waals surface area contributed by atoms with E-state index < -0.39 is 17.8 Å². The van der Waals surface area contributed by atoms with Crippen LogP contribution in [0.1, 0.15) is 18.2 Å². The fourth-order valence-electron chi connectivity index (χ4n) is 2.45. The zero-order chi connectivity index (χ0) is 19.6. The topological polar surface area (TPSA) is 62.1 Å². The zero-order valence-corrected chi connectivity index (χ0v) is 16.0. The minimum Gasteiger partial charge on any atom is -0.485 e. The molecular weight excluding hydrogens is 426 g/mol. The lowest BCUT2D eigenvalue weighted by Gasteiger charge is -2.10. The number of fused-ring (bicyclic) bond motifs is 1. The van der Waals surface area contributed by atoms with Crippen molar-refractivity contribution >= 4 is 27.7 Å². The molecule has 3 aromatic rings. The molecule has 9 heteroatoms. The molecule has 0 unspecified atom stereocenters. The van der Waals surface area contributed by atoms with Gasteiger partial charge in [-0.1, -0.05) is 6.07 Å². The van der Waals surface area contributed by atoms with E-state index >= 15 is 0 Å². The second-order valence-corrected chi connectivity index (χ2v) is 6.41. The van der Waals surface area contributed by atoms with Crippen molar-refractivity contribution in [3.05, 3.63) is 57.8 Å². The van der Waals surface area contributed by atoms with E-state index in [4.69, 9.17) is 14.2 Å². The lowest BCUT2D eigenvalue weighted by Crippen LogP contribution is -2.12. The van der Waals surface area contributed by atoms with Crippen LogP contribution in [0.2, 0.25) is 0 Å². The van der Waals surface area contributed by atoms with Crippen molar-refractivity contribution in [1.29, 1.82) is 0 Å². The normalized spacial score (nSPS) is 10.9. The van der Waals surface area contributed by atoms with Crippen LogP contribution in [0.25, 0.3) is 5.65 Å². The summed E-state index contributed by atoms with van der Waals surface area (Å²) in [4.78, 5) is 16.0. The average Bonchev–Trinajstić information content (AvgIpc) is 2.90. The van der Waals surface area contributed by atoms with Crippen molar-refractivity contribution in [1.82, 2.24) is 9.38 Å². The van der Waals surface area contributed by atoms with Gasteiger partial charge in [0.1, 0.15) is 23.9 Å². The molecule has 142 valence electrons. The summed E-state index contributed by atoms with van der Waals surface area (Å²) >= 11 is 3.33. The first-order chi connectivity index (χ1) is 12.9. The van der Waals surface area contributed by atoms with Gasteiger partial charge in [0.2, 0.25) is 5.88 Å². The number of ether oxygens (including phenoxy) is 3. The van der Waals surface area contributed by atoms with E-state index in [-0.39, 0.29) is 30.4 Å². The molecule has 0 aliphatic heterocycles. The van der Waals surface area contributed by atoms with E-state index in [1.807, 2.05) is 0 Å². The fourth-order valence-corrected chi connectivity index (χ4v) is 2.86. The Balaban J connectivity index is 1.95. The predicted molar refractivity (Wildman–Crippen MR) is 96.0 cm³/mol. The number of hydrogen-bond acceptors (Lipinski definition) is 5. The van der Waals surface area contributed by atoms with E-state index in [2.05, 4.69) is 20.9 Å². The average molecular weight is 441 g/mol. The molecule has 1 aromatic carbocycles. The van der Waals surface area contributed by atoms with Crippen LogP contribution < -0.4 is 9.47 Å². The van der Waals surface area contributed by atoms with Gasteiger partial charge in [0.15, 0.2) is 11.4 Å². The second kappa shape index (κ2) is 7.91. The van der Waals surface area contributed by atoms with Crippen molar-refractivity contribution in [3.8, 4) is 11.6 Å². The Morgan fingerprint density at radius 1 is 1.30 bits per heavy atom. The maximum atomic E-state index is 13.8. The van der Waals surface area contributed by atoms with E-state index in [0.717, 1.165) is 12.1 Å². The first kappa shape index (κ1) is 19.1. The smallest absolute Gasteiger partial charge is 0.485 e. The minimum absolute atomic E-state index is 0.159. The van der Waals surface area contributed by atoms with Crippen LogP contribution in [0.5, 0.6) is 11.6 Å². The highest BCUT2D eigenvalue weighted by molar-refractivity contribution is 9.10. The number of nitrogens with zero attached hydrogens (tertiary/aromatic N) is 2. The van der Waals surface area contributed by atoms with Crippen molar-refractivity contribution in [2.45, 2.75) is 20.5 Å². The van der Waals surface area contributed by atoms with Crippen LogP contribution in [-0.2, 0) is 11.3 Å². The summed E-state index contributed by atoms with van der Waals surface area (Å²) in [6.45, 7) is 3.15. The summed E-state index contributed by atoms with van der Waals surface area (Å²) in [5.41, 5.74) is 0.553. The molecule has 0 amide bonds. The molecule has 0 fully saturated rings. The van der Waals surface area contributed by atoms with Gasteiger partial charge in [-0.25, -0.2) is 18.6 Å². The van der Waals surface area contributed by atoms with Crippen molar-refractivity contribution < 1.29 is 27.8 Å². The van der Waals surface area contributed by atoms with Gasteiger partial charge in [0.05, 0.1) is 12.2 Å². The number of halogens is 3. The molecule has 0 radical (unpaired) electrons. The SMILES string of the molecule is CCOC(=O)Oc1c(C)nc2c(OCc3c(F)cccc3F)cc(Br)cn12. The first-order valence-electron chi connectivity index (χ1n) is 7.99. The molecule has 0 N–H and O–H groups in total. The number of rotatable bonds is 5. The molecule has 0 aliphatic carbocycles. The zero-order valence-electron chi connectivity index (χ0n) is 14.5. The molecule has 27 heavy (non-hydrogen) atoms. The van der Waals surface area contributed by atoms with Crippen LogP contribution in [0.15, 0.2) is 34.9 Å². The maximum absolute atomic E-state index is 13.8. The predicted octanol–water partition coefficient (Wildman–Crippen LogP) is 4.80. The monoisotopic (exact) mass is 440 g/mol. The van der Waals surface area contributed by atoms with E-state index in [1.165, 1.54) is 10.5 Å². The lowest BCUT2D eigenvalue weighted by atomic mass is 10.2. The van der Waals surface area contributed by atoms with Crippen molar-refractivity contribution in [2.24, 2.45) is 0 Å². The molecule has 0 saturated heterocycles. The molecular formula is C18H15BrF2N2O4. The number of imidazole rings is 1. The second-order valence-electron chi connectivity index (χ2n) is 5.49. The van der Waals surface area contributed by atoms with Crippen LogP contribution in [0.3, 0.4) is 0 Å². The molecule has 0 saturated carbocycles. The Morgan fingerprint density at radius 2 is 2.00 bits per heavy atom. The largest absolute Gasteiger partial charge is 0.515 e. The number of hydrogen-bond donors (Lipinski definition) is 0. The third kappa shape index (κ3) is 4.02. The Hall–Kier alpha value is -2.68.